The Hall–Kier alpha value is -0.330. The first kappa shape index (κ1) is 15.2. The van der Waals surface area contributed by atoms with E-state index < -0.39 is 0 Å². The molecule has 0 aromatic carbocycles. The Kier molecular flexibility index (Phi) is 3.34. The van der Waals surface area contributed by atoms with Crippen LogP contribution in [-0.2, 0) is 4.79 Å². The van der Waals surface area contributed by atoms with Gasteiger partial charge in [0.25, 0.3) is 0 Å². The van der Waals surface area contributed by atoms with Gasteiger partial charge in [-0.2, -0.15) is 0 Å². The predicted octanol–water partition coefficient (Wildman–Crippen LogP) is 5.48. The van der Waals surface area contributed by atoms with Crippen LogP contribution < -0.4 is 0 Å². The first-order valence-corrected chi connectivity index (χ1v) is 9.87. The predicted molar refractivity (Wildman–Crippen MR) is 90.4 cm³/mol. The highest BCUT2D eigenvalue weighted by molar-refractivity contribution is 5.82. The molecule has 0 radical (unpaired) electrons. The van der Waals surface area contributed by atoms with E-state index in [4.69, 9.17) is 0 Å². The molecule has 0 spiro atoms. The van der Waals surface area contributed by atoms with E-state index in [9.17, 15) is 4.79 Å². The number of hydrogen-bond acceptors (Lipinski definition) is 1. The molecule has 1 nitrogen and oxygen atoms in total. The zero-order chi connectivity index (χ0) is 15.7. The molecule has 0 bridgehead atoms. The van der Waals surface area contributed by atoms with Crippen molar-refractivity contribution in [1.82, 2.24) is 0 Å². The van der Waals surface area contributed by atoms with E-state index in [1.165, 1.54) is 38.5 Å². The Morgan fingerprint density at radius 2 is 1.68 bits per heavy atom. The summed E-state index contributed by atoms with van der Waals surface area (Å²) in [6.45, 7) is 10.1. The van der Waals surface area contributed by atoms with Gasteiger partial charge < -0.3 is 0 Å². The highest BCUT2D eigenvalue weighted by Crippen LogP contribution is 2.66. The van der Waals surface area contributed by atoms with Crippen molar-refractivity contribution in [1.29, 1.82) is 0 Å². The SMILES string of the molecule is C[C@H]1[C@H]2CC[C@@H]3[C@H]4CC(=O)C[C@]4(C)CC[C@H]3[C@]2(C)CC[C@@H]1C. The lowest BCUT2D eigenvalue weighted by molar-refractivity contribution is -0.128. The lowest BCUT2D eigenvalue weighted by atomic mass is 9.43. The monoisotopic (exact) mass is 302 g/mol. The average molecular weight is 303 g/mol. The van der Waals surface area contributed by atoms with Gasteiger partial charge in [-0.05, 0) is 84.9 Å². The fourth-order valence-electron chi connectivity index (χ4n) is 7.70. The Morgan fingerprint density at radius 1 is 0.909 bits per heavy atom. The molecule has 8 atom stereocenters. The standard InChI is InChI=1S/C21H34O/c1-13-7-10-21(4)17(14(13)2)6-5-16-18(21)8-9-20(3)12-15(22)11-19(16)20/h13-14,16-19H,5-12H2,1-4H3/t13-,14+,16-,17+,18+,19+,20-,21+/m0/s1. The van der Waals surface area contributed by atoms with Crippen molar-refractivity contribution in [3.63, 3.8) is 0 Å². The summed E-state index contributed by atoms with van der Waals surface area (Å²) in [5.74, 6) is 5.79. The maximum absolute atomic E-state index is 12.1. The van der Waals surface area contributed by atoms with E-state index in [-0.39, 0.29) is 0 Å². The molecule has 4 fully saturated rings. The number of fused-ring (bicyclic) bond motifs is 5. The normalized spacial score (nSPS) is 57.9. The van der Waals surface area contributed by atoms with Crippen LogP contribution in [0, 0.1) is 46.3 Å². The molecule has 4 aliphatic rings. The van der Waals surface area contributed by atoms with Crippen LogP contribution in [0.2, 0.25) is 0 Å². The lowest BCUT2D eigenvalue weighted by Crippen LogP contribution is -2.54. The van der Waals surface area contributed by atoms with E-state index in [2.05, 4.69) is 27.7 Å². The van der Waals surface area contributed by atoms with Crippen LogP contribution in [0.25, 0.3) is 0 Å². The van der Waals surface area contributed by atoms with Gasteiger partial charge in [-0.1, -0.05) is 27.7 Å². The number of carbonyl (C=O) groups excluding carboxylic acids is 1. The summed E-state index contributed by atoms with van der Waals surface area (Å²) in [6.07, 6.45) is 10.2. The van der Waals surface area contributed by atoms with Crippen molar-refractivity contribution in [3.8, 4) is 0 Å². The first-order valence-electron chi connectivity index (χ1n) is 9.87. The topological polar surface area (TPSA) is 17.1 Å². The van der Waals surface area contributed by atoms with Crippen molar-refractivity contribution in [3.05, 3.63) is 0 Å². The molecule has 0 amide bonds. The number of hydrogen-bond donors (Lipinski definition) is 0. The number of rotatable bonds is 0. The molecule has 0 heterocycles. The van der Waals surface area contributed by atoms with Crippen molar-refractivity contribution >= 4 is 5.78 Å². The van der Waals surface area contributed by atoms with Crippen LogP contribution in [0.15, 0.2) is 0 Å². The molecular formula is C21H34O. The van der Waals surface area contributed by atoms with Crippen molar-refractivity contribution in [2.75, 3.05) is 0 Å². The molecule has 4 saturated carbocycles. The summed E-state index contributed by atoms with van der Waals surface area (Å²) in [7, 11) is 0. The summed E-state index contributed by atoms with van der Waals surface area (Å²) in [6, 6.07) is 0. The zero-order valence-electron chi connectivity index (χ0n) is 15.0. The summed E-state index contributed by atoms with van der Waals surface area (Å²) in [5.41, 5.74) is 0.927. The van der Waals surface area contributed by atoms with Gasteiger partial charge in [0.2, 0.25) is 0 Å². The fourth-order valence-corrected chi connectivity index (χ4v) is 7.70. The second-order valence-electron chi connectivity index (χ2n) is 10.1. The second kappa shape index (κ2) is 4.84. The van der Waals surface area contributed by atoms with E-state index in [0.29, 0.717) is 22.5 Å². The van der Waals surface area contributed by atoms with Crippen LogP contribution in [0.1, 0.15) is 79.1 Å². The van der Waals surface area contributed by atoms with Crippen molar-refractivity contribution in [2.24, 2.45) is 46.3 Å². The summed E-state index contributed by atoms with van der Waals surface area (Å²) < 4.78 is 0. The van der Waals surface area contributed by atoms with Gasteiger partial charge in [0.1, 0.15) is 5.78 Å². The third-order valence-electron chi connectivity index (χ3n) is 9.18. The molecule has 0 aromatic heterocycles. The number of Topliss-reactive ketones (excluding diaryl/α,β-unsaturated/α-hetero) is 1. The van der Waals surface area contributed by atoms with Gasteiger partial charge in [-0.3, -0.25) is 4.79 Å². The maximum Gasteiger partial charge on any atom is 0.133 e. The van der Waals surface area contributed by atoms with Crippen LogP contribution >= 0.6 is 0 Å². The van der Waals surface area contributed by atoms with Gasteiger partial charge >= 0.3 is 0 Å². The quantitative estimate of drug-likeness (QED) is 0.579. The Morgan fingerprint density at radius 3 is 2.45 bits per heavy atom. The molecule has 4 aliphatic carbocycles. The summed E-state index contributed by atoms with van der Waals surface area (Å²) in [4.78, 5) is 12.1. The molecular weight excluding hydrogens is 268 g/mol. The van der Waals surface area contributed by atoms with Gasteiger partial charge in [-0.15, -0.1) is 0 Å². The average Bonchev–Trinajstić information content (AvgIpc) is 2.78. The highest BCUT2D eigenvalue weighted by Gasteiger charge is 2.59. The Balaban J connectivity index is 1.65. The summed E-state index contributed by atoms with van der Waals surface area (Å²) >= 11 is 0. The number of carbonyl (C=O) groups is 1. The third kappa shape index (κ3) is 1.93. The minimum atomic E-state index is 0.356. The maximum atomic E-state index is 12.1. The van der Waals surface area contributed by atoms with E-state index >= 15 is 0 Å². The molecule has 124 valence electrons. The van der Waals surface area contributed by atoms with E-state index in [1.807, 2.05) is 0 Å². The van der Waals surface area contributed by atoms with Gasteiger partial charge in [-0.25, -0.2) is 0 Å². The molecule has 0 aliphatic heterocycles. The van der Waals surface area contributed by atoms with Crippen LogP contribution in [0.4, 0.5) is 0 Å². The Labute approximate surface area is 136 Å². The van der Waals surface area contributed by atoms with Gasteiger partial charge in [0.15, 0.2) is 0 Å². The second-order valence-corrected chi connectivity index (χ2v) is 10.1. The lowest BCUT2D eigenvalue weighted by Gasteiger charge is -2.62. The van der Waals surface area contributed by atoms with Gasteiger partial charge in [0, 0.05) is 12.8 Å². The largest absolute Gasteiger partial charge is 0.300 e. The molecule has 22 heavy (non-hydrogen) atoms. The first-order chi connectivity index (χ1) is 10.3. The van der Waals surface area contributed by atoms with Crippen molar-refractivity contribution in [2.45, 2.75) is 79.1 Å². The van der Waals surface area contributed by atoms with Crippen LogP contribution in [-0.4, -0.2) is 5.78 Å². The van der Waals surface area contributed by atoms with Crippen molar-refractivity contribution < 1.29 is 4.79 Å². The number of ketones is 1. The molecule has 0 N–H and O–H groups in total. The fraction of sp³-hybridized carbons (Fsp3) is 0.952. The minimum absolute atomic E-state index is 0.356. The van der Waals surface area contributed by atoms with Crippen LogP contribution in [0.3, 0.4) is 0 Å². The molecule has 1 heteroatoms. The van der Waals surface area contributed by atoms with Gasteiger partial charge in [0.05, 0.1) is 0 Å². The molecule has 0 unspecified atom stereocenters. The molecule has 4 rings (SSSR count). The molecule has 0 saturated heterocycles. The summed E-state index contributed by atoms with van der Waals surface area (Å²) in [5, 5.41) is 0. The van der Waals surface area contributed by atoms with Crippen LogP contribution in [0.5, 0.6) is 0 Å². The minimum Gasteiger partial charge on any atom is -0.300 e. The van der Waals surface area contributed by atoms with E-state index in [1.54, 1.807) is 0 Å². The van der Waals surface area contributed by atoms with E-state index in [0.717, 1.165) is 42.4 Å². The highest BCUT2D eigenvalue weighted by atomic mass is 16.1. The molecule has 0 aromatic rings. The smallest absolute Gasteiger partial charge is 0.133 e. The zero-order valence-corrected chi connectivity index (χ0v) is 15.0. The third-order valence-corrected chi connectivity index (χ3v) is 9.18. The Bertz CT molecular complexity index is 482.